The lowest BCUT2D eigenvalue weighted by Gasteiger charge is -2.22. The van der Waals surface area contributed by atoms with E-state index >= 15 is 0 Å². The summed E-state index contributed by atoms with van der Waals surface area (Å²) in [6, 6.07) is 6.63. The predicted molar refractivity (Wildman–Crippen MR) is 99.0 cm³/mol. The fourth-order valence-electron chi connectivity index (χ4n) is 3.46. The highest BCUT2D eigenvalue weighted by Gasteiger charge is 2.50. The minimum Gasteiger partial charge on any atom is -0.319 e. The minimum absolute atomic E-state index is 0.205. The Balaban J connectivity index is 1.72. The molecule has 7 nitrogen and oxygen atoms in total. The fraction of sp³-hybridized carbons (Fsp3) is 0.200. The molecular formula is C20H16F2N4O3. The average molecular weight is 398 g/mol. The molecule has 4 rings (SSSR count). The van der Waals surface area contributed by atoms with Gasteiger partial charge in [0.05, 0.1) is 12.2 Å². The number of amides is 3. The zero-order chi connectivity index (χ0) is 20.9. The second kappa shape index (κ2) is 6.47. The monoisotopic (exact) mass is 398 g/mol. The van der Waals surface area contributed by atoms with E-state index in [4.69, 9.17) is 0 Å². The molecule has 148 valence electrons. The standard InChI is InChI=1S/C20H16F2N4O3/c1-11-4-3-7-25-16(27)9-13(23-17(11)25)10-26-18(28)20(2,24-19(26)29)14-8-12(21)5-6-15(14)22/h3-9H,10H2,1-2H3,(H,24,29)/t20-/m1/s1. The number of rotatable bonds is 3. The molecule has 3 amide bonds. The van der Waals surface area contributed by atoms with Crippen LogP contribution in [-0.4, -0.2) is 26.2 Å². The van der Waals surface area contributed by atoms with Crippen LogP contribution < -0.4 is 10.9 Å². The van der Waals surface area contributed by atoms with E-state index in [0.717, 1.165) is 28.7 Å². The molecule has 2 aromatic heterocycles. The van der Waals surface area contributed by atoms with Gasteiger partial charge in [-0.3, -0.25) is 18.9 Å². The van der Waals surface area contributed by atoms with Crippen molar-refractivity contribution in [2.24, 2.45) is 0 Å². The van der Waals surface area contributed by atoms with Gasteiger partial charge in [0, 0.05) is 17.8 Å². The lowest BCUT2D eigenvalue weighted by Crippen LogP contribution is -2.41. The van der Waals surface area contributed by atoms with Gasteiger partial charge in [-0.25, -0.2) is 18.6 Å². The summed E-state index contributed by atoms with van der Waals surface area (Å²) in [5.41, 5.74) is -1.06. The van der Waals surface area contributed by atoms with Gasteiger partial charge in [-0.05, 0) is 43.7 Å². The molecule has 1 saturated heterocycles. The summed E-state index contributed by atoms with van der Waals surface area (Å²) in [5, 5.41) is 2.42. The van der Waals surface area contributed by atoms with E-state index in [0.29, 0.717) is 5.65 Å². The van der Waals surface area contributed by atoms with Crippen molar-refractivity contribution >= 4 is 17.6 Å². The Morgan fingerprint density at radius 3 is 2.66 bits per heavy atom. The molecule has 9 heteroatoms. The third kappa shape index (κ3) is 2.95. The minimum atomic E-state index is -1.77. The lowest BCUT2D eigenvalue weighted by molar-refractivity contribution is -0.131. The summed E-state index contributed by atoms with van der Waals surface area (Å²) < 4.78 is 29.2. The van der Waals surface area contributed by atoms with E-state index in [1.807, 2.05) is 0 Å². The number of benzene rings is 1. The smallest absolute Gasteiger partial charge is 0.319 e. The molecule has 1 aliphatic rings. The number of aryl methyl sites for hydroxylation is 1. The molecule has 1 atom stereocenters. The van der Waals surface area contributed by atoms with Crippen molar-refractivity contribution in [3.05, 3.63) is 81.4 Å². The maximum absolute atomic E-state index is 14.2. The number of urea groups is 1. The number of nitrogens with zero attached hydrogens (tertiary/aromatic N) is 3. The number of hydrogen-bond donors (Lipinski definition) is 1. The summed E-state index contributed by atoms with van der Waals surface area (Å²) >= 11 is 0. The molecule has 1 aromatic carbocycles. The third-order valence-corrected chi connectivity index (χ3v) is 5.00. The fourth-order valence-corrected chi connectivity index (χ4v) is 3.46. The number of hydrogen-bond acceptors (Lipinski definition) is 4. The molecule has 0 bridgehead atoms. The van der Waals surface area contributed by atoms with Gasteiger partial charge in [-0.1, -0.05) is 6.07 Å². The number of fused-ring (bicyclic) bond motifs is 1. The Hall–Kier alpha value is -3.62. The van der Waals surface area contributed by atoms with E-state index in [-0.39, 0.29) is 23.4 Å². The van der Waals surface area contributed by atoms with Gasteiger partial charge in [0.2, 0.25) is 0 Å². The van der Waals surface area contributed by atoms with Crippen LogP contribution in [0.15, 0.2) is 47.4 Å². The molecule has 3 heterocycles. The van der Waals surface area contributed by atoms with Crippen LogP contribution in [0.5, 0.6) is 0 Å². The second-order valence-corrected chi connectivity index (χ2v) is 7.04. The van der Waals surface area contributed by atoms with Crippen LogP contribution in [-0.2, 0) is 16.9 Å². The van der Waals surface area contributed by atoms with Gasteiger partial charge in [0.15, 0.2) is 0 Å². The Kier molecular flexibility index (Phi) is 4.18. The van der Waals surface area contributed by atoms with Crippen LogP contribution in [0.4, 0.5) is 13.6 Å². The molecule has 0 aliphatic carbocycles. The van der Waals surface area contributed by atoms with Gasteiger partial charge in [0.1, 0.15) is 22.8 Å². The highest BCUT2D eigenvalue weighted by molar-refractivity contribution is 6.07. The summed E-state index contributed by atoms with van der Waals surface area (Å²) in [6.45, 7) is 2.80. The van der Waals surface area contributed by atoms with Gasteiger partial charge in [-0.2, -0.15) is 0 Å². The van der Waals surface area contributed by atoms with Crippen molar-refractivity contribution in [1.29, 1.82) is 0 Å². The Morgan fingerprint density at radius 1 is 1.14 bits per heavy atom. The van der Waals surface area contributed by atoms with Crippen LogP contribution >= 0.6 is 0 Å². The maximum atomic E-state index is 14.2. The van der Waals surface area contributed by atoms with Crippen molar-refractivity contribution in [2.75, 3.05) is 0 Å². The highest BCUT2D eigenvalue weighted by atomic mass is 19.1. The molecular weight excluding hydrogens is 382 g/mol. The quantitative estimate of drug-likeness (QED) is 0.686. The summed E-state index contributed by atoms with van der Waals surface area (Å²) in [6.07, 6.45) is 1.57. The van der Waals surface area contributed by atoms with Gasteiger partial charge in [0.25, 0.3) is 11.5 Å². The van der Waals surface area contributed by atoms with Crippen LogP contribution in [0.1, 0.15) is 23.7 Å². The zero-order valence-electron chi connectivity index (χ0n) is 15.6. The molecule has 1 fully saturated rings. The number of aromatic nitrogens is 2. The first kappa shape index (κ1) is 18.7. The lowest BCUT2D eigenvalue weighted by atomic mass is 9.91. The normalized spacial score (nSPS) is 19.1. The first-order valence-corrected chi connectivity index (χ1v) is 8.78. The van der Waals surface area contributed by atoms with Crippen molar-refractivity contribution in [3.8, 4) is 0 Å². The number of pyridine rings is 1. The van der Waals surface area contributed by atoms with Crippen LogP contribution in [0, 0.1) is 18.6 Å². The van der Waals surface area contributed by atoms with Crippen molar-refractivity contribution in [1.82, 2.24) is 19.6 Å². The molecule has 0 radical (unpaired) electrons. The van der Waals surface area contributed by atoms with E-state index in [1.165, 1.54) is 17.4 Å². The molecule has 1 aliphatic heterocycles. The first-order chi connectivity index (χ1) is 13.7. The zero-order valence-corrected chi connectivity index (χ0v) is 15.6. The van der Waals surface area contributed by atoms with E-state index < -0.39 is 29.1 Å². The van der Waals surface area contributed by atoms with Gasteiger partial charge < -0.3 is 5.32 Å². The van der Waals surface area contributed by atoms with Crippen molar-refractivity contribution in [2.45, 2.75) is 25.9 Å². The molecule has 1 N–H and O–H groups in total. The largest absolute Gasteiger partial charge is 0.325 e. The van der Waals surface area contributed by atoms with Crippen LogP contribution in [0.25, 0.3) is 5.65 Å². The number of carbonyl (C=O) groups excluding carboxylic acids is 2. The van der Waals surface area contributed by atoms with E-state index in [9.17, 15) is 23.2 Å². The molecule has 0 unspecified atom stereocenters. The average Bonchev–Trinajstić information content (AvgIpc) is 2.88. The molecule has 0 saturated carbocycles. The Bertz CT molecular complexity index is 1240. The number of carbonyl (C=O) groups is 2. The Labute approximate surface area is 163 Å². The van der Waals surface area contributed by atoms with Crippen LogP contribution in [0.2, 0.25) is 0 Å². The first-order valence-electron chi connectivity index (χ1n) is 8.78. The maximum Gasteiger partial charge on any atom is 0.325 e. The predicted octanol–water partition coefficient (Wildman–Crippen LogP) is 2.25. The highest BCUT2D eigenvalue weighted by Crippen LogP contribution is 2.31. The molecule has 0 spiro atoms. The second-order valence-electron chi connectivity index (χ2n) is 7.04. The molecule has 29 heavy (non-hydrogen) atoms. The van der Waals surface area contributed by atoms with Crippen molar-refractivity contribution < 1.29 is 18.4 Å². The van der Waals surface area contributed by atoms with E-state index in [1.54, 1.807) is 25.3 Å². The van der Waals surface area contributed by atoms with Gasteiger partial charge >= 0.3 is 6.03 Å². The van der Waals surface area contributed by atoms with Crippen molar-refractivity contribution in [3.63, 3.8) is 0 Å². The van der Waals surface area contributed by atoms with E-state index in [2.05, 4.69) is 10.3 Å². The summed E-state index contributed by atoms with van der Waals surface area (Å²) in [4.78, 5) is 43.0. The number of imide groups is 1. The van der Waals surface area contributed by atoms with Crippen LogP contribution in [0.3, 0.4) is 0 Å². The topological polar surface area (TPSA) is 83.8 Å². The van der Waals surface area contributed by atoms with Gasteiger partial charge in [-0.15, -0.1) is 0 Å². The number of halogens is 2. The summed E-state index contributed by atoms with van der Waals surface area (Å²) in [7, 11) is 0. The SMILES string of the molecule is Cc1cccn2c(=O)cc(CN3C(=O)N[C@](C)(c4cc(F)ccc4F)C3=O)nc12. The summed E-state index contributed by atoms with van der Waals surface area (Å²) in [5.74, 6) is -2.32. The third-order valence-electron chi connectivity index (χ3n) is 5.00. The number of nitrogens with one attached hydrogen (secondary N) is 1. The Morgan fingerprint density at radius 2 is 1.90 bits per heavy atom. The molecule has 3 aromatic rings.